The van der Waals surface area contributed by atoms with Crippen LogP contribution < -0.4 is 11.5 Å². The summed E-state index contributed by atoms with van der Waals surface area (Å²) in [6.45, 7) is 6.66. The monoisotopic (exact) mass is 307 g/mol. The molecule has 5 nitrogen and oxygen atoms in total. The molecular weight excluding hydrogens is 286 g/mol. The van der Waals surface area contributed by atoms with Crippen LogP contribution in [0.5, 0.6) is 0 Å². The van der Waals surface area contributed by atoms with Crippen LogP contribution in [0.2, 0.25) is 0 Å². The van der Waals surface area contributed by atoms with Crippen molar-refractivity contribution in [1.82, 2.24) is 4.98 Å². The molecule has 0 radical (unpaired) electrons. The van der Waals surface area contributed by atoms with E-state index in [1.807, 2.05) is 6.07 Å². The molecule has 6 N–H and O–H groups in total. The first-order valence-corrected chi connectivity index (χ1v) is 7.43. The third kappa shape index (κ3) is 3.18. The molecule has 2 rings (SSSR count). The van der Waals surface area contributed by atoms with Crippen LogP contribution in [0.3, 0.4) is 0 Å². The van der Waals surface area contributed by atoms with Crippen LogP contribution >= 0.6 is 11.3 Å². The van der Waals surface area contributed by atoms with Crippen molar-refractivity contribution >= 4 is 22.0 Å². The first kappa shape index (κ1) is 15.8. The van der Waals surface area contributed by atoms with E-state index >= 15 is 0 Å². The molecule has 0 amide bonds. The van der Waals surface area contributed by atoms with Gasteiger partial charge < -0.3 is 21.7 Å². The Morgan fingerprint density at radius 3 is 2.14 bits per heavy atom. The van der Waals surface area contributed by atoms with Crippen LogP contribution in [0, 0.1) is 0 Å². The van der Waals surface area contributed by atoms with Gasteiger partial charge in [0.1, 0.15) is 5.60 Å². The Morgan fingerprint density at radius 2 is 1.67 bits per heavy atom. The number of thiophene rings is 1. The van der Waals surface area contributed by atoms with Gasteiger partial charge in [0.2, 0.25) is 0 Å². The van der Waals surface area contributed by atoms with Gasteiger partial charge in [-0.05, 0) is 45.9 Å². The molecule has 0 saturated carbocycles. The minimum atomic E-state index is -1.12. The minimum Gasteiger partial charge on any atom is -0.397 e. The molecule has 6 heteroatoms. The maximum atomic E-state index is 10.1. The maximum absolute atomic E-state index is 10.1. The summed E-state index contributed by atoms with van der Waals surface area (Å²) in [5.74, 6) is 0. The van der Waals surface area contributed by atoms with Crippen molar-refractivity contribution in [2.45, 2.75) is 38.9 Å². The molecule has 0 aliphatic rings. The highest BCUT2D eigenvalue weighted by Gasteiger charge is 2.25. The summed E-state index contributed by atoms with van der Waals surface area (Å²) >= 11 is 1.35. The molecule has 114 valence electrons. The van der Waals surface area contributed by atoms with Crippen LogP contribution in [-0.2, 0) is 11.2 Å². The van der Waals surface area contributed by atoms with Gasteiger partial charge in [0, 0.05) is 5.56 Å². The van der Waals surface area contributed by atoms with Gasteiger partial charge in [-0.15, -0.1) is 11.3 Å². The summed E-state index contributed by atoms with van der Waals surface area (Å²) in [6, 6.07) is 5.33. The second kappa shape index (κ2) is 4.98. The van der Waals surface area contributed by atoms with Crippen molar-refractivity contribution in [1.29, 1.82) is 0 Å². The highest BCUT2D eigenvalue weighted by molar-refractivity contribution is 7.19. The highest BCUT2D eigenvalue weighted by atomic mass is 32.1. The van der Waals surface area contributed by atoms with E-state index in [-0.39, 0.29) is 0 Å². The molecule has 2 heterocycles. The minimum absolute atomic E-state index is 0.428. The molecule has 0 aliphatic carbocycles. The Balaban J connectivity index is 2.54. The highest BCUT2D eigenvalue weighted by Crippen LogP contribution is 2.38. The largest absolute Gasteiger partial charge is 0.397 e. The lowest BCUT2D eigenvalue weighted by atomic mass is 10.00. The fourth-order valence-corrected chi connectivity index (χ4v) is 3.16. The van der Waals surface area contributed by atoms with Gasteiger partial charge in [0.05, 0.1) is 32.6 Å². The molecule has 2 aromatic heterocycles. The van der Waals surface area contributed by atoms with Crippen LogP contribution in [-0.4, -0.2) is 15.2 Å². The lowest BCUT2D eigenvalue weighted by Crippen LogP contribution is -2.20. The van der Waals surface area contributed by atoms with Crippen molar-refractivity contribution in [3.05, 3.63) is 29.5 Å². The van der Waals surface area contributed by atoms with Gasteiger partial charge >= 0.3 is 0 Å². The standard InChI is InChI=1S/C15H21N3O2S/c1-14(2,19)8-7-11(21-13(8)17)10-6-5-9(16)12(18-10)15(3,4)20/h5-7,19-20H,16-17H2,1-4H3. The van der Waals surface area contributed by atoms with Crippen LogP contribution in [0.4, 0.5) is 10.7 Å². The zero-order chi connectivity index (χ0) is 16.0. The van der Waals surface area contributed by atoms with Gasteiger partial charge in [-0.3, -0.25) is 0 Å². The molecule has 21 heavy (non-hydrogen) atoms. The second-order valence-electron chi connectivity index (χ2n) is 6.14. The molecule has 0 aromatic carbocycles. The van der Waals surface area contributed by atoms with Gasteiger partial charge in [0.15, 0.2) is 0 Å². The summed E-state index contributed by atoms with van der Waals surface area (Å²) in [5.41, 5.74) is 11.9. The molecule has 0 spiro atoms. The average Bonchev–Trinajstić information content (AvgIpc) is 2.70. The number of hydrogen-bond acceptors (Lipinski definition) is 6. The molecule has 0 unspecified atom stereocenters. The van der Waals surface area contributed by atoms with Crippen molar-refractivity contribution in [2.24, 2.45) is 0 Å². The van der Waals surface area contributed by atoms with E-state index < -0.39 is 11.2 Å². The Labute approximate surface area is 128 Å². The van der Waals surface area contributed by atoms with Crippen molar-refractivity contribution in [3.8, 4) is 10.6 Å². The molecule has 2 aromatic rings. The summed E-state index contributed by atoms with van der Waals surface area (Å²) in [4.78, 5) is 5.28. The number of rotatable bonds is 3. The van der Waals surface area contributed by atoms with E-state index in [1.165, 1.54) is 11.3 Å². The smallest absolute Gasteiger partial charge is 0.103 e. The molecular formula is C15H21N3O2S. The summed E-state index contributed by atoms with van der Waals surface area (Å²) in [7, 11) is 0. The third-order valence-electron chi connectivity index (χ3n) is 3.18. The number of nitrogen functional groups attached to an aromatic ring is 2. The van der Waals surface area contributed by atoms with E-state index in [9.17, 15) is 10.2 Å². The lowest BCUT2D eigenvalue weighted by Gasteiger charge is -2.19. The fourth-order valence-electron chi connectivity index (χ4n) is 2.11. The van der Waals surface area contributed by atoms with Gasteiger partial charge in [-0.1, -0.05) is 0 Å². The van der Waals surface area contributed by atoms with E-state index in [4.69, 9.17) is 11.5 Å². The third-order valence-corrected chi connectivity index (χ3v) is 4.17. The topological polar surface area (TPSA) is 105 Å². The molecule has 0 atom stereocenters. The Morgan fingerprint density at radius 1 is 1.05 bits per heavy atom. The summed E-state index contributed by atoms with van der Waals surface area (Å²) in [6.07, 6.45) is 0. The molecule has 0 aliphatic heterocycles. The number of anilines is 2. The lowest BCUT2D eigenvalue weighted by molar-refractivity contribution is 0.0747. The predicted molar refractivity (Wildman–Crippen MR) is 86.9 cm³/mol. The van der Waals surface area contributed by atoms with Crippen molar-refractivity contribution in [2.75, 3.05) is 11.5 Å². The number of hydrogen-bond donors (Lipinski definition) is 4. The normalized spacial score (nSPS) is 12.7. The Hall–Kier alpha value is -1.63. The Bertz CT molecular complexity index is 667. The number of aromatic nitrogens is 1. The van der Waals surface area contributed by atoms with E-state index in [0.29, 0.717) is 27.6 Å². The van der Waals surface area contributed by atoms with Gasteiger partial charge in [0.25, 0.3) is 0 Å². The van der Waals surface area contributed by atoms with E-state index in [1.54, 1.807) is 39.8 Å². The predicted octanol–water partition coefficient (Wildman–Crippen LogP) is 2.43. The summed E-state index contributed by atoms with van der Waals surface area (Å²) in [5, 5.41) is 20.8. The zero-order valence-electron chi connectivity index (χ0n) is 12.6. The first-order chi connectivity index (χ1) is 9.50. The number of aliphatic hydroxyl groups is 2. The van der Waals surface area contributed by atoms with E-state index in [0.717, 1.165) is 4.88 Å². The fraction of sp³-hybridized carbons (Fsp3) is 0.400. The van der Waals surface area contributed by atoms with Crippen molar-refractivity contribution in [3.63, 3.8) is 0 Å². The number of pyridine rings is 1. The average molecular weight is 307 g/mol. The Kier molecular flexibility index (Phi) is 3.73. The second-order valence-corrected chi connectivity index (χ2v) is 7.22. The molecule has 0 fully saturated rings. The van der Waals surface area contributed by atoms with Crippen molar-refractivity contribution < 1.29 is 10.2 Å². The maximum Gasteiger partial charge on any atom is 0.103 e. The molecule has 0 bridgehead atoms. The first-order valence-electron chi connectivity index (χ1n) is 6.62. The zero-order valence-corrected chi connectivity index (χ0v) is 13.5. The van der Waals surface area contributed by atoms with Crippen LogP contribution in [0.25, 0.3) is 10.6 Å². The molecule has 0 saturated heterocycles. The van der Waals surface area contributed by atoms with Gasteiger partial charge in [-0.2, -0.15) is 0 Å². The summed E-state index contributed by atoms with van der Waals surface area (Å²) < 4.78 is 0. The van der Waals surface area contributed by atoms with Gasteiger partial charge in [-0.25, -0.2) is 4.98 Å². The SMILES string of the molecule is CC(C)(O)c1cc(-c2ccc(N)c(C(C)(C)O)n2)sc1N. The van der Waals surface area contributed by atoms with Crippen LogP contribution in [0.1, 0.15) is 39.0 Å². The number of nitrogens with two attached hydrogens (primary N) is 2. The number of nitrogens with zero attached hydrogens (tertiary/aromatic N) is 1. The quantitative estimate of drug-likeness (QED) is 0.697. The van der Waals surface area contributed by atoms with E-state index in [2.05, 4.69) is 4.98 Å². The van der Waals surface area contributed by atoms with Crippen LogP contribution in [0.15, 0.2) is 18.2 Å².